The van der Waals surface area contributed by atoms with Gasteiger partial charge in [0.2, 0.25) is 0 Å². The highest BCUT2D eigenvalue weighted by Crippen LogP contribution is 2.32. The largest absolute Gasteiger partial charge is 0.353 e. The third-order valence-electron chi connectivity index (χ3n) is 4.45. The first kappa shape index (κ1) is 14.0. The molecule has 0 radical (unpaired) electrons. The number of nitrogens with one attached hydrogen (secondary N) is 1. The number of fused-ring (bicyclic) bond motifs is 3. The molecule has 114 valence electrons. The molecule has 2 aromatic carbocycles. The molecule has 0 saturated heterocycles. The van der Waals surface area contributed by atoms with E-state index in [9.17, 15) is 0 Å². The molecule has 4 aromatic rings. The molecule has 2 aromatic heterocycles. The summed E-state index contributed by atoms with van der Waals surface area (Å²) in [5.74, 6) is 0. The highest BCUT2D eigenvalue weighted by molar-refractivity contribution is 6.10. The van der Waals surface area contributed by atoms with Crippen molar-refractivity contribution in [3.63, 3.8) is 0 Å². The molecule has 0 unspecified atom stereocenters. The zero-order valence-corrected chi connectivity index (χ0v) is 13.7. The molecule has 0 aliphatic heterocycles. The number of para-hydroxylation sites is 1. The van der Waals surface area contributed by atoms with Crippen LogP contribution in [-0.4, -0.2) is 9.97 Å². The predicted molar refractivity (Wildman–Crippen MR) is 97.7 cm³/mol. The summed E-state index contributed by atoms with van der Waals surface area (Å²) in [5.41, 5.74) is 5.93. The molecule has 0 fully saturated rings. The molecule has 1 N–H and O–H groups in total. The second-order valence-electron chi connectivity index (χ2n) is 7.08. The fourth-order valence-electron chi connectivity index (χ4n) is 3.12. The molecular weight excluding hydrogens is 280 g/mol. The summed E-state index contributed by atoms with van der Waals surface area (Å²) in [6, 6.07) is 19.2. The molecule has 0 aliphatic rings. The average Bonchev–Trinajstić information content (AvgIpc) is 2.93. The normalized spacial score (nSPS) is 12.1. The highest BCUT2D eigenvalue weighted by Gasteiger charge is 2.15. The van der Waals surface area contributed by atoms with Crippen LogP contribution < -0.4 is 0 Å². The number of hydrogen-bond donors (Lipinski definition) is 1. The number of rotatable bonds is 1. The van der Waals surface area contributed by atoms with Crippen molar-refractivity contribution in [3.05, 3.63) is 66.4 Å². The van der Waals surface area contributed by atoms with E-state index in [1.54, 1.807) is 0 Å². The van der Waals surface area contributed by atoms with Crippen LogP contribution in [0.25, 0.3) is 33.1 Å². The number of pyridine rings is 1. The van der Waals surface area contributed by atoms with Gasteiger partial charge in [0.15, 0.2) is 0 Å². The van der Waals surface area contributed by atoms with Gasteiger partial charge in [-0.1, -0.05) is 63.2 Å². The number of H-pyrrole nitrogens is 1. The smallest absolute Gasteiger partial charge is 0.0943 e. The van der Waals surface area contributed by atoms with Gasteiger partial charge in [0, 0.05) is 28.0 Å². The Morgan fingerprint density at radius 1 is 0.826 bits per heavy atom. The lowest BCUT2D eigenvalue weighted by molar-refractivity contribution is 0.590. The van der Waals surface area contributed by atoms with Crippen molar-refractivity contribution in [1.82, 2.24) is 9.97 Å². The Hall–Kier alpha value is -2.61. The molecule has 2 heterocycles. The molecule has 0 bridgehead atoms. The van der Waals surface area contributed by atoms with Crippen molar-refractivity contribution in [1.29, 1.82) is 0 Å². The molecule has 0 atom stereocenters. The van der Waals surface area contributed by atoms with E-state index in [-0.39, 0.29) is 5.41 Å². The van der Waals surface area contributed by atoms with Gasteiger partial charge < -0.3 is 4.98 Å². The lowest BCUT2D eigenvalue weighted by atomic mass is 9.86. The molecule has 0 aliphatic carbocycles. The highest BCUT2D eigenvalue weighted by atomic mass is 14.8. The van der Waals surface area contributed by atoms with Crippen LogP contribution in [-0.2, 0) is 5.41 Å². The van der Waals surface area contributed by atoms with E-state index in [2.05, 4.69) is 85.3 Å². The van der Waals surface area contributed by atoms with Gasteiger partial charge in [-0.2, -0.15) is 0 Å². The van der Waals surface area contributed by atoms with Gasteiger partial charge in [-0.15, -0.1) is 0 Å². The van der Waals surface area contributed by atoms with E-state index in [1.165, 1.54) is 16.3 Å². The quantitative estimate of drug-likeness (QED) is 0.481. The maximum absolute atomic E-state index is 4.63. The maximum atomic E-state index is 4.63. The molecule has 0 amide bonds. The number of aromatic nitrogens is 2. The summed E-state index contributed by atoms with van der Waals surface area (Å²) in [6.45, 7) is 6.70. The molecule has 23 heavy (non-hydrogen) atoms. The van der Waals surface area contributed by atoms with Crippen LogP contribution in [0.4, 0.5) is 0 Å². The molecular formula is C21H20N2. The van der Waals surface area contributed by atoms with Crippen LogP contribution in [0.2, 0.25) is 0 Å². The summed E-state index contributed by atoms with van der Waals surface area (Å²) < 4.78 is 0. The van der Waals surface area contributed by atoms with Gasteiger partial charge in [-0.3, -0.25) is 4.98 Å². The number of aromatic amines is 1. The SMILES string of the molecule is CC(C)(C)c1ccc(-c2nccc3c2[nH]c2ccccc23)cc1. The van der Waals surface area contributed by atoms with Crippen LogP contribution in [0, 0.1) is 0 Å². The van der Waals surface area contributed by atoms with Crippen LogP contribution in [0.15, 0.2) is 60.8 Å². The molecule has 2 heteroatoms. The zero-order chi connectivity index (χ0) is 16.0. The van der Waals surface area contributed by atoms with E-state index >= 15 is 0 Å². The second kappa shape index (κ2) is 4.95. The van der Waals surface area contributed by atoms with E-state index in [0.29, 0.717) is 0 Å². The van der Waals surface area contributed by atoms with Gasteiger partial charge in [0.25, 0.3) is 0 Å². The predicted octanol–water partition coefficient (Wildman–Crippen LogP) is 5.68. The van der Waals surface area contributed by atoms with Gasteiger partial charge in [-0.25, -0.2) is 0 Å². The van der Waals surface area contributed by atoms with Gasteiger partial charge in [-0.05, 0) is 23.1 Å². The van der Waals surface area contributed by atoms with Crippen molar-refractivity contribution in [2.75, 3.05) is 0 Å². The van der Waals surface area contributed by atoms with Crippen LogP contribution in [0.3, 0.4) is 0 Å². The Kier molecular flexibility index (Phi) is 3.02. The third-order valence-corrected chi connectivity index (χ3v) is 4.45. The first-order valence-corrected chi connectivity index (χ1v) is 8.00. The van der Waals surface area contributed by atoms with Gasteiger partial charge >= 0.3 is 0 Å². The molecule has 0 saturated carbocycles. The average molecular weight is 300 g/mol. The van der Waals surface area contributed by atoms with E-state index in [0.717, 1.165) is 22.3 Å². The van der Waals surface area contributed by atoms with Crippen molar-refractivity contribution in [2.45, 2.75) is 26.2 Å². The van der Waals surface area contributed by atoms with Crippen LogP contribution in [0.5, 0.6) is 0 Å². The fourth-order valence-corrected chi connectivity index (χ4v) is 3.12. The Morgan fingerprint density at radius 3 is 2.30 bits per heavy atom. The Labute approximate surface area is 136 Å². The van der Waals surface area contributed by atoms with E-state index in [1.807, 2.05) is 6.20 Å². The lowest BCUT2D eigenvalue weighted by Gasteiger charge is -2.19. The van der Waals surface area contributed by atoms with Crippen molar-refractivity contribution >= 4 is 21.8 Å². The molecule has 0 spiro atoms. The van der Waals surface area contributed by atoms with E-state index in [4.69, 9.17) is 0 Å². The first-order valence-electron chi connectivity index (χ1n) is 8.00. The first-order chi connectivity index (χ1) is 11.0. The Bertz CT molecular complexity index is 986. The fraction of sp³-hybridized carbons (Fsp3) is 0.190. The summed E-state index contributed by atoms with van der Waals surface area (Å²) >= 11 is 0. The standard InChI is InChI=1S/C21H20N2/c1-21(2,3)15-10-8-14(9-11-15)19-20-17(12-13-22-19)16-6-4-5-7-18(16)23-20/h4-13,23H,1-3H3. The molecule has 2 nitrogen and oxygen atoms in total. The van der Waals surface area contributed by atoms with Crippen LogP contribution in [0.1, 0.15) is 26.3 Å². The zero-order valence-electron chi connectivity index (χ0n) is 13.7. The van der Waals surface area contributed by atoms with Gasteiger partial charge in [0.05, 0.1) is 11.2 Å². The topological polar surface area (TPSA) is 28.7 Å². The molecule has 4 rings (SSSR count). The lowest BCUT2D eigenvalue weighted by Crippen LogP contribution is -2.10. The Morgan fingerprint density at radius 2 is 1.57 bits per heavy atom. The summed E-state index contributed by atoms with van der Waals surface area (Å²) in [6.07, 6.45) is 1.90. The van der Waals surface area contributed by atoms with E-state index < -0.39 is 0 Å². The minimum atomic E-state index is 0.166. The minimum absolute atomic E-state index is 0.166. The maximum Gasteiger partial charge on any atom is 0.0943 e. The second-order valence-corrected chi connectivity index (χ2v) is 7.08. The van der Waals surface area contributed by atoms with Crippen molar-refractivity contribution in [3.8, 4) is 11.3 Å². The summed E-state index contributed by atoms with van der Waals surface area (Å²) in [7, 11) is 0. The number of benzene rings is 2. The van der Waals surface area contributed by atoms with Crippen molar-refractivity contribution < 1.29 is 0 Å². The Balaban J connectivity index is 1.92. The van der Waals surface area contributed by atoms with Crippen molar-refractivity contribution in [2.24, 2.45) is 0 Å². The van der Waals surface area contributed by atoms with Gasteiger partial charge in [0.1, 0.15) is 0 Å². The number of nitrogens with zero attached hydrogens (tertiary/aromatic N) is 1. The summed E-state index contributed by atoms with van der Waals surface area (Å²) in [5, 5.41) is 2.47. The van der Waals surface area contributed by atoms with Crippen LogP contribution >= 0.6 is 0 Å². The third kappa shape index (κ3) is 2.31. The summed E-state index contributed by atoms with van der Waals surface area (Å²) in [4.78, 5) is 8.16. The minimum Gasteiger partial charge on any atom is -0.353 e. The monoisotopic (exact) mass is 300 g/mol. The number of hydrogen-bond acceptors (Lipinski definition) is 1.